The molecule has 0 aliphatic rings. The van der Waals surface area contributed by atoms with E-state index in [-0.39, 0.29) is 40.9 Å². The third-order valence-corrected chi connectivity index (χ3v) is 4.97. The summed E-state index contributed by atoms with van der Waals surface area (Å²) in [6, 6.07) is 7.74. The van der Waals surface area contributed by atoms with E-state index in [1.54, 1.807) is 18.2 Å². The van der Waals surface area contributed by atoms with Crippen LogP contribution >= 0.6 is 0 Å². The van der Waals surface area contributed by atoms with Gasteiger partial charge in [0.1, 0.15) is 4.90 Å². The molecule has 0 fully saturated rings. The zero-order valence-electron chi connectivity index (χ0n) is 14.0. The Morgan fingerprint density at radius 1 is 0.875 bits per heavy atom. The zero-order valence-corrected chi connectivity index (χ0v) is 14.8. The third kappa shape index (κ3) is 10.5. The van der Waals surface area contributed by atoms with E-state index in [1.165, 1.54) is 50.7 Å². The van der Waals surface area contributed by atoms with E-state index in [9.17, 15) is 13.2 Å². The standard InChI is InChI=1S/C18H28O4S.Na.H/c1-2-3-4-5-6-7-8-9-13-16-18(19)22-23(20,21)17-14-11-10-12-15-17;;/h10-12,14-15H,2-9,13,16H2,1H3;;. The zero-order chi connectivity index (χ0) is 17.0. The van der Waals surface area contributed by atoms with Gasteiger partial charge in [-0.3, -0.25) is 4.79 Å². The molecule has 0 aromatic heterocycles. The Morgan fingerprint density at radius 2 is 1.38 bits per heavy atom. The monoisotopic (exact) mass is 364 g/mol. The molecule has 0 saturated heterocycles. The molecule has 0 unspecified atom stereocenters. The van der Waals surface area contributed by atoms with Gasteiger partial charge in [0, 0.05) is 6.42 Å². The fraction of sp³-hybridized carbons (Fsp3) is 0.611. The molecular formula is C18H29NaO4S. The number of carbonyl (C=O) groups excluding carboxylic acids is 1. The Kier molecular flexibility index (Phi) is 13.7. The number of carbonyl (C=O) groups is 1. The summed E-state index contributed by atoms with van der Waals surface area (Å²) in [5.74, 6) is -0.670. The normalized spacial score (nSPS) is 10.9. The van der Waals surface area contributed by atoms with Crippen LogP contribution in [0.25, 0.3) is 0 Å². The van der Waals surface area contributed by atoms with E-state index in [1.807, 2.05) is 0 Å². The number of benzene rings is 1. The average molecular weight is 364 g/mol. The van der Waals surface area contributed by atoms with Crippen LogP contribution in [0.5, 0.6) is 0 Å². The number of rotatable bonds is 12. The Bertz CT molecular complexity index is 543. The SMILES string of the molecule is CCCCCCCCCCCC(=O)OS(=O)(=O)c1ccccc1.[NaH]. The molecule has 0 saturated carbocycles. The van der Waals surface area contributed by atoms with Crippen molar-refractivity contribution in [2.24, 2.45) is 0 Å². The number of unbranched alkanes of at least 4 members (excludes halogenated alkanes) is 8. The Labute approximate surface area is 168 Å². The molecule has 0 aliphatic heterocycles. The molecule has 0 radical (unpaired) electrons. The Morgan fingerprint density at radius 3 is 1.92 bits per heavy atom. The van der Waals surface area contributed by atoms with Crippen LogP contribution in [0.4, 0.5) is 0 Å². The number of hydrogen-bond donors (Lipinski definition) is 0. The molecule has 0 N–H and O–H groups in total. The van der Waals surface area contributed by atoms with Crippen molar-refractivity contribution in [1.82, 2.24) is 0 Å². The second-order valence-electron chi connectivity index (χ2n) is 5.80. The van der Waals surface area contributed by atoms with Gasteiger partial charge in [-0.25, -0.2) is 0 Å². The van der Waals surface area contributed by atoms with Crippen molar-refractivity contribution in [3.05, 3.63) is 30.3 Å². The Hall–Kier alpha value is -0.360. The minimum atomic E-state index is -3.97. The topological polar surface area (TPSA) is 60.4 Å². The van der Waals surface area contributed by atoms with Crippen LogP contribution in [-0.2, 0) is 19.1 Å². The molecule has 0 atom stereocenters. The van der Waals surface area contributed by atoms with Crippen LogP contribution in [-0.4, -0.2) is 43.9 Å². The molecule has 24 heavy (non-hydrogen) atoms. The molecule has 0 bridgehead atoms. The van der Waals surface area contributed by atoms with Crippen LogP contribution in [0.2, 0.25) is 0 Å². The van der Waals surface area contributed by atoms with E-state index < -0.39 is 16.1 Å². The van der Waals surface area contributed by atoms with Gasteiger partial charge in [-0.15, -0.1) is 0 Å². The van der Waals surface area contributed by atoms with Crippen molar-refractivity contribution in [3.8, 4) is 0 Å². The summed E-state index contributed by atoms with van der Waals surface area (Å²) in [6.45, 7) is 2.21. The predicted octanol–water partition coefficient (Wildman–Crippen LogP) is 4.19. The molecule has 0 amide bonds. The first kappa shape index (κ1) is 23.6. The predicted molar refractivity (Wildman–Crippen MR) is 98.7 cm³/mol. The van der Waals surface area contributed by atoms with E-state index in [0.717, 1.165) is 12.8 Å². The van der Waals surface area contributed by atoms with Gasteiger partial charge in [-0.05, 0) is 18.6 Å². The van der Waals surface area contributed by atoms with Gasteiger partial charge in [0.05, 0.1) is 0 Å². The molecular weight excluding hydrogens is 335 g/mol. The van der Waals surface area contributed by atoms with Crippen LogP contribution in [0.1, 0.15) is 71.1 Å². The first-order valence-electron chi connectivity index (χ1n) is 8.58. The molecule has 1 rings (SSSR count). The Balaban J connectivity index is 0.00000529. The molecule has 6 heteroatoms. The number of hydrogen-bond acceptors (Lipinski definition) is 4. The van der Waals surface area contributed by atoms with Crippen LogP contribution < -0.4 is 0 Å². The third-order valence-electron chi connectivity index (χ3n) is 3.72. The molecule has 1 aromatic rings. The molecule has 132 valence electrons. The van der Waals surface area contributed by atoms with Crippen LogP contribution in [0.15, 0.2) is 35.2 Å². The second kappa shape index (κ2) is 13.9. The quantitative estimate of drug-likeness (QED) is 0.317. The molecule has 0 heterocycles. The summed E-state index contributed by atoms with van der Waals surface area (Å²) < 4.78 is 28.3. The van der Waals surface area contributed by atoms with Crippen molar-refractivity contribution >= 4 is 45.6 Å². The van der Waals surface area contributed by atoms with Crippen molar-refractivity contribution in [3.63, 3.8) is 0 Å². The van der Waals surface area contributed by atoms with Crippen molar-refractivity contribution < 1.29 is 17.4 Å². The van der Waals surface area contributed by atoms with Gasteiger partial charge in [0.25, 0.3) is 0 Å². The fourth-order valence-electron chi connectivity index (χ4n) is 2.38. The van der Waals surface area contributed by atoms with Crippen LogP contribution in [0, 0.1) is 0 Å². The van der Waals surface area contributed by atoms with Gasteiger partial charge in [0.15, 0.2) is 0 Å². The van der Waals surface area contributed by atoms with Gasteiger partial charge in [-0.2, -0.15) is 8.42 Å². The second-order valence-corrected chi connectivity index (χ2v) is 7.35. The first-order chi connectivity index (χ1) is 11.1. The summed E-state index contributed by atoms with van der Waals surface area (Å²) in [6.07, 6.45) is 10.4. The van der Waals surface area contributed by atoms with Crippen molar-refractivity contribution in [2.75, 3.05) is 0 Å². The average Bonchev–Trinajstić information content (AvgIpc) is 2.54. The summed E-state index contributed by atoms with van der Waals surface area (Å²) >= 11 is 0. The maximum atomic E-state index is 11.9. The first-order valence-corrected chi connectivity index (χ1v) is 9.99. The maximum absolute atomic E-state index is 11.9. The van der Waals surface area contributed by atoms with Gasteiger partial charge >= 0.3 is 45.6 Å². The molecule has 0 aliphatic carbocycles. The van der Waals surface area contributed by atoms with Gasteiger partial charge < -0.3 is 4.18 Å². The van der Waals surface area contributed by atoms with Crippen molar-refractivity contribution in [1.29, 1.82) is 0 Å². The summed E-state index contributed by atoms with van der Waals surface area (Å²) in [5.41, 5.74) is 0. The molecule has 4 nitrogen and oxygen atoms in total. The van der Waals surface area contributed by atoms with Gasteiger partial charge in [-0.1, -0.05) is 76.5 Å². The fourth-order valence-corrected chi connectivity index (χ4v) is 3.29. The van der Waals surface area contributed by atoms with E-state index in [2.05, 4.69) is 11.1 Å². The van der Waals surface area contributed by atoms with Gasteiger partial charge in [0.2, 0.25) is 0 Å². The van der Waals surface area contributed by atoms with Crippen molar-refractivity contribution in [2.45, 2.75) is 76.0 Å². The molecule has 0 spiro atoms. The van der Waals surface area contributed by atoms with E-state index >= 15 is 0 Å². The van der Waals surface area contributed by atoms with E-state index in [0.29, 0.717) is 6.42 Å². The van der Waals surface area contributed by atoms with Crippen LogP contribution in [0.3, 0.4) is 0 Å². The van der Waals surface area contributed by atoms with E-state index in [4.69, 9.17) is 0 Å². The molecule has 1 aromatic carbocycles. The minimum absolute atomic E-state index is 0. The summed E-state index contributed by atoms with van der Waals surface area (Å²) in [5, 5.41) is 0. The summed E-state index contributed by atoms with van der Waals surface area (Å²) in [4.78, 5) is 11.7. The summed E-state index contributed by atoms with van der Waals surface area (Å²) in [7, 11) is -3.97.